The number of carbonyl (C=O) groups is 1. The zero-order valence-electron chi connectivity index (χ0n) is 20.3. The van der Waals surface area contributed by atoms with Crippen molar-refractivity contribution in [2.24, 2.45) is 10.2 Å². The van der Waals surface area contributed by atoms with E-state index in [1.807, 2.05) is 0 Å². The molecule has 0 spiro atoms. The molecule has 0 heterocycles. The van der Waals surface area contributed by atoms with E-state index in [0.717, 1.165) is 6.07 Å². The number of nitrogens with zero attached hydrogens (tertiary/aromatic N) is 2. The van der Waals surface area contributed by atoms with Gasteiger partial charge in [-0.25, -0.2) is 0 Å². The number of halogens is 2. The summed E-state index contributed by atoms with van der Waals surface area (Å²) in [4.78, 5) is 12.6. The first-order valence-corrected chi connectivity index (χ1v) is 12.8. The molecule has 0 aromatic heterocycles. The molecule has 0 unspecified atom stereocenters. The van der Waals surface area contributed by atoms with Crippen LogP contribution in [0.2, 0.25) is 10.0 Å². The number of azo groups is 1. The average molecular weight is 582 g/mol. The fraction of sp³-hybridized carbons (Fsp3) is 0.0800. The number of hydrogen-bond donors (Lipinski definition) is 2. The Morgan fingerprint density at radius 1 is 1.05 bits per heavy atom. The third-order valence-corrected chi connectivity index (χ3v) is 7.11. The Labute approximate surface area is 250 Å². The van der Waals surface area contributed by atoms with Crippen molar-refractivity contribution in [3.05, 3.63) is 81.8 Å². The second kappa shape index (κ2) is 12.0. The van der Waals surface area contributed by atoms with Gasteiger partial charge in [-0.05, 0) is 48.2 Å². The topological polar surface area (TPSA) is 140 Å². The Balaban J connectivity index is 0.00000400. The number of methoxy groups -OCH3 is 1. The van der Waals surface area contributed by atoms with Crippen molar-refractivity contribution in [3.8, 4) is 11.5 Å². The molecule has 0 atom stereocenters. The summed E-state index contributed by atoms with van der Waals surface area (Å²) < 4.78 is 38.5. The van der Waals surface area contributed by atoms with Gasteiger partial charge in [0.25, 0.3) is 16.0 Å². The summed E-state index contributed by atoms with van der Waals surface area (Å²) in [6.07, 6.45) is 0. The summed E-state index contributed by atoms with van der Waals surface area (Å²) in [5.41, 5.74) is -0.118. The van der Waals surface area contributed by atoms with E-state index in [-0.39, 0.29) is 62.2 Å². The van der Waals surface area contributed by atoms with Crippen molar-refractivity contribution in [1.82, 2.24) is 0 Å². The number of ether oxygens (including phenoxy) is 1. The third kappa shape index (κ3) is 6.13. The molecule has 4 rings (SSSR count). The van der Waals surface area contributed by atoms with Crippen LogP contribution in [0.3, 0.4) is 0 Å². The number of rotatable bonds is 6. The van der Waals surface area contributed by atoms with Crippen molar-refractivity contribution >= 4 is 67.1 Å². The Kier molecular flexibility index (Phi) is 9.43. The van der Waals surface area contributed by atoms with E-state index < -0.39 is 26.7 Å². The molecule has 0 saturated carbocycles. The summed E-state index contributed by atoms with van der Waals surface area (Å²) >= 11 is 12.4. The van der Waals surface area contributed by atoms with Crippen LogP contribution >= 0.6 is 23.2 Å². The predicted molar refractivity (Wildman–Crippen MR) is 140 cm³/mol. The molecule has 4 aromatic carbocycles. The minimum atomic E-state index is -4.67. The van der Waals surface area contributed by atoms with Crippen LogP contribution in [-0.2, 0) is 10.1 Å². The van der Waals surface area contributed by atoms with E-state index >= 15 is 0 Å². The van der Waals surface area contributed by atoms with Crippen LogP contribution in [0.1, 0.15) is 15.9 Å². The van der Waals surface area contributed by atoms with E-state index in [1.165, 1.54) is 19.2 Å². The number of aryl methyl sites for hydroxylation is 1. The minimum absolute atomic E-state index is 0. The number of carbonyl (C=O) groups excluding carboxylic acids is 1. The van der Waals surface area contributed by atoms with Crippen molar-refractivity contribution in [2.75, 3.05) is 12.4 Å². The number of nitrogens with one attached hydrogen (secondary N) is 1. The van der Waals surface area contributed by atoms with Gasteiger partial charge in [0.05, 0.1) is 18.5 Å². The van der Waals surface area contributed by atoms with Gasteiger partial charge in [-0.15, -0.1) is 5.11 Å². The zero-order chi connectivity index (χ0) is 26.9. The molecule has 38 heavy (non-hydrogen) atoms. The molecule has 13 heteroatoms. The Morgan fingerprint density at radius 2 is 1.76 bits per heavy atom. The SMILES string of the molecule is COc1cccc(NC(=O)c2cc3ccccc3c(N=Nc3cc(Cl)c(C)cc3S(=O)(=O)O)c2[O-])c1Cl.[Na+]. The fourth-order valence-corrected chi connectivity index (χ4v) is 4.66. The summed E-state index contributed by atoms with van der Waals surface area (Å²) in [6, 6.07) is 15.2. The Bertz CT molecular complexity index is 1700. The van der Waals surface area contributed by atoms with Gasteiger partial charge in [-0.3, -0.25) is 9.35 Å². The monoisotopic (exact) mass is 581 g/mol. The first-order chi connectivity index (χ1) is 17.5. The molecule has 0 fully saturated rings. The van der Waals surface area contributed by atoms with Gasteiger partial charge in [0.1, 0.15) is 21.4 Å². The zero-order valence-corrected chi connectivity index (χ0v) is 24.6. The third-order valence-electron chi connectivity index (χ3n) is 5.43. The van der Waals surface area contributed by atoms with Crippen LogP contribution in [0.5, 0.6) is 11.5 Å². The standard InChI is InChI=1S/C25H19Cl2N3O6S.Na/c1-13-10-21(37(33,34)35)19(12-17(13)26)29-30-23-15-7-4-3-6-14(15)11-16(24(23)31)25(32)28-18-8-5-9-20(36-2)22(18)27;/h3-12,31H,1-2H3,(H,28,32)(H,33,34,35);/q;+1/p-1. The first kappa shape index (κ1) is 29.9. The second-order valence-electron chi connectivity index (χ2n) is 7.84. The van der Waals surface area contributed by atoms with E-state index in [1.54, 1.807) is 49.4 Å². The van der Waals surface area contributed by atoms with Crippen molar-refractivity contribution < 1.29 is 57.2 Å². The van der Waals surface area contributed by atoms with Gasteiger partial charge in [0.2, 0.25) is 0 Å². The number of anilines is 1. The maximum Gasteiger partial charge on any atom is 1.00 e. The van der Waals surface area contributed by atoms with Crippen molar-refractivity contribution in [2.45, 2.75) is 11.8 Å². The summed E-state index contributed by atoms with van der Waals surface area (Å²) in [5.74, 6) is -1.17. The molecule has 0 aliphatic heterocycles. The number of amides is 1. The molecular weight excluding hydrogens is 564 g/mol. The largest absolute Gasteiger partial charge is 1.00 e. The van der Waals surface area contributed by atoms with Crippen LogP contribution in [-0.4, -0.2) is 26.0 Å². The van der Waals surface area contributed by atoms with Gasteiger partial charge in [-0.2, -0.15) is 13.5 Å². The Hall–Kier alpha value is -2.70. The predicted octanol–water partition coefficient (Wildman–Crippen LogP) is 3.46. The van der Waals surface area contributed by atoms with Crippen LogP contribution in [0.25, 0.3) is 10.8 Å². The molecule has 0 bridgehead atoms. The van der Waals surface area contributed by atoms with Crippen molar-refractivity contribution in [3.63, 3.8) is 0 Å². The van der Waals surface area contributed by atoms with Crippen LogP contribution < -0.4 is 44.7 Å². The first-order valence-electron chi connectivity index (χ1n) is 10.6. The molecule has 0 aliphatic carbocycles. The quantitative estimate of drug-likeness (QED) is 0.203. The molecule has 0 radical (unpaired) electrons. The van der Waals surface area contributed by atoms with Crippen LogP contribution in [0.15, 0.2) is 75.8 Å². The molecule has 0 aliphatic rings. The minimum Gasteiger partial charge on any atom is -0.870 e. The van der Waals surface area contributed by atoms with E-state index in [2.05, 4.69) is 15.5 Å². The normalized spacial score (nSPS) is 11.4. The van der Waals surface area contributed by atoms with Gasteiger partial charge in [0, 0.05) is 16.0 Å². The molecule has 9 nitrogen and oxygen atoms in total. The second-order valence-corrected chi connectivity index (χ2v) is 10.0. The molecule has 1 amide bonds. The summed E-state index contributed by atoms with van der Waals surface area (Å²) in [7, 11) is -3.24. The smallest absolute Gasteiger partial charge is 0.870 e. The maximum absolute atomic E-state index is 13.4. The van der Waals surface area contributed by atoms with Gasteiger partial charge < -0.3 is 15.2 Å². The molecule has 4 aromatic rings. The molecule has 2 N–H and O–H groups in total. The van der Waals surface area contributed by atoms with Crippen LogP contribution in [0.4, 0.5) is 17.1 Å². The average Bonchev–Trinajstić information content (AvgIpc) is 2.85. The van der Waals surface area contributed by atoms with E-state index in [4.69, 9.17) is 27.9 Å². The summed E-state index contributed by atoms with van der Waals surface area (Å²) in [6.45, 7) is 1.55. The number of fused-ring (bicyclic) bond motifs is 1. The molecule has 190 valence electrons. The molecule has 0 saturated heterocycles. The fourth-order valence-electron chi connectivity index (χ4n) is 3.57. The van der Waals surface area contributed by atoms with Gasteiger partial charge in [0.15, 0.2) is 0 Å². The number of hydrogen-bond acceptors (Lipinski definition) is 7. The van der Waals surface area contributed by atoms with Crippen molar-refractivity contribution in [1.29, 1.82) is 0 Å². The maximum atomic E-state index is 13.4. The van der Waals surface area contributed by atoms with E-state index in [0.29, 0.717) is 22.1 Å². The Morgan fingerprint density at radius 3 is 2.45 bits per heavy atom. The molecular formula is C25H18Cl2N3NaO6S. The van der Waals surface area contributed by atoms with E-state index in [9.17, 15) is 22.9 Å². The van der Waals surface area contributed by atoms with Crippen LogP contribution in [0, 0.1) is 6.92 Å². The van der Waals surface area contributed by atoms with Gasteiger partial charge in [-0.1, -0.05) is 59.3 Å². The number of benzene rings is 4. The summed E-state index contributed by atoms with van der Waals surface area (Å²) in [5, 5.41) is 25.1. The van der Waals surface area contributed by atoms with Gasteiger partial charge >= 0.3 is 29.6 Å².